The average molecular weight is 432 g/mol. The summed E-state index contributed by atoms with van der Waals surface area (Å²) in [6.07, 6.45) is 0. The van der Waals surface area contributed by atoms with E-state index in [1.54, 1.807) is 24.3 Å². The van der Waals surface area contributed by atoms with Crippen molar-refractivity contribution in [3.8, 4) is 11.3 Å². The fourth-order valence-corrected chi connectivity index (χ4v) is 4.41. The summed E-state index contributed by atoms with van der Waals surface area (Å²) in [5.74, 6) is -0.00588. The molecule has 144 valence electrons. The predicted molar refractivity (Wildman–Crippen MR) is 116 cm³/mol. The number of halogens is 1. The lowest BCUT2D eigenvalue weighted by molar-refractivity contribution is -0.118. The van der Waals surface area contributed by atoms with Crippen LogP contribution in [0, 0.1) is 0 Å². The molecule has 0 fully saturated rings. The van der Waals surface area contributed by atoms with E-state index in [4.69, 9.17) is 11.6 Å². The first kappa shape index (κ1) is 20.4. The average Bonchev–Trinajstić information content (AvgIpc) is 3.10. The molecule has 0 radical (unpaired) electrons. The zero-order valence-corrected chi connectivity index (χ0v) is 17.5. The van der Waals surface area contributed by atoms with Gasteiger partial charge in [-0.15, -0.1) is 0 Å². The van der Waals surface area contributed by atoms with E-state index < -0.39 is 0 Å². The minimum absolute atomic E-state index is 0.0456. The lowest BCUT2D eigenvalue weighted by Gasteiger charge is -2.05. The molecule has 2 N–H and O–H groups in total. The van der Waals surface area contributed by atoms with Crippen LogP contribution in [-0.2, 0) is 4.79 Å². The van der Waals surface area contributed by atoms with Crippen molar-refractivity contribution in [2.75, 3.05) is 17.6 Å². The second kappa shape index (κ2) is 9.73. The Morgan fingerprint density at radius 3 is 2.50 bits per heavy atom. The van der Waals surface area contributed by atoms with Gasteiger partial charge >= 0.3 is 0 Å². The summed E-state index contributed by atoms with van der Waals surface area (Å²) in [7, 11) is 0. The van der Waals surface area contributed by atoms with Gasteiger partial charge in [-0.05, 0) is 31.2 Å². The van der Waals surface area contributed by atoms with Gasteiger partial charge in [0.15, 0.2) is 4.34 Å². The molecule has 0 aliphatic rings. The molecule has 1 heterocycles. The third-order valence-electron chi connectivity index (χ3n) is 3.69. The fraction of sp³-hybridized carbons (Fsp3) is 0.150. The Bertz CT molecular complexity index is 959. The Balaban J connectivity index is 1.84. The molecule has 2 aromatic carbocycles. The van der Waals surface area contributed by atoms with Crippen LogP contribution in [0.5, 0.6) is 0 Å². The van der Waals surface area contributed by atoms with Crippen molar-refractivity contribution in [3.63, 3.8) is 0 Å². The van der Waals surface area contributed by atoms with E-state index in [1.165, 1.54) is 23.1 Å². The van der Waals surface area contributed by atoms with E-state index in [1.807, 2.05) is 37.3 Å². The minimum Gasteiger partial charge on any atom is -0.356 e. The number of anilines is 1. The highest BCUT2D eigenvalue weighted by molar-refractivity contribution is 8.01. The molecule has 0 bridgehead atoms. The molecule has 1 aromatic heterocycles. The van der Waals surface area contributed by atoms with Crippen molar-refractivity contribution in [2.24, 2.45) is 0 Å². The first-order chi connectivity index (χ1) is 13.6. The molecule has 2 amide bonds. The van der Waals surface area contributed by atoms with Gasteiger partial charge in [0, 0.05) is 22.7 Å². The summed E-state index contributed by atoms with van der Waals surface area (Å²) in [6.45, 7) is 2.47. The Labute approximate surface area is 176 Å². The number of hydrogen-bond acceptors (Lipinski definition) is 5. The van der Waals surface area contributed by atoms with Gasteiger partial charge in [-0.2, -0.15) is 0 Å². The van der Waals surface area contributed by atoms with Crippen LogP contribution in [0.2, 0.25) is 5.02 Å². The number of hydrogen-bond donors (Lipinski definition) is 2. The van der Waals surface area contributed by atoms with Gasteiger partial charge in [-0.3, -0.25) is 9.59 Å². The number of nitrogens with zero attached hydrogens (tertiary/aromatic N) is 1. The molecule has 5 nitrogen and oxygen atoms in total. The third-order valence-corrected chi connectivity index (χ3v) is 6.05. The van der Waals surface area contributed by atoms with E-state index in [-0.39, 0.29) is 17.6 Å². The Morgan fingerprint density at radius 1 is 1.11 bits per heavy atom. The molecule has 3 rings (SSSR count). The van der Waals surface area contributed by atoms with Gasteiger partial charge in [0.1, 0.15) is 10.7 Å². The zero-order chi connectivity index (χ0) is 19.9. The van der Waals surface area contributed by atoms with Gasteiger partial charge in [0.05, 0.1) is 5.75 Å². The van der Waals surface area contributed by atoms with E-state index in [0.717, 1.165) is 9.90 Å². The van der Waals surface area contributed by atoms with Crippen molar-refractivity contribution >= 4 is 51.5 Å². The first-order valence-electron chi connectivity index (χ1n) is 8.59. The molecule has 0 unspecified atom stereocenters. The van der Waals surface area contributed by atoms with Gasteiger partial charge in [0.25, 0.3) is 5.91 Å². The highest BCUT2D eigenvalue weighted by Crippen LogP contribution is 2.37. The fourth-order valence-electron chi connectivity index (χ4n) is 2.39. The highest BCUT2D eigenvalue weighted by atomic mass is 35.5. The van der Waals surface area contributed by atoms with Crippen molar-refractivity contribution in [2.45, 2.75) is 11.3 Å². The Kier molecular flexibility index (Phi) is 7.08. The zero-order valence-electron chi connectivity index (χ0n) is 15.1. The summed E-state index contributed by atoms with van der Waals surface area (Å²) in [4.78, 5) is 29.0. The van der Waals surface area contributed by atoms with Crippen LogP contribution >= 0.6 is 34.7 Å². The van der Waals surface area contributed by atoms with Crippen molar-refractivity contribution < 1.29 is 9.59 Å². The topological polar surface area (TPSA) is 71.1 Å². The predicted octanol–water partition coefficient (Wildman–Crippen LogP) is 4.94. The number of benzene rings is 2. The van der Waals surface area contributed by atoms with Gasteiger partial charge in [-0.25, -0.2) is 4.98 Å². The summed E-state index contributed by atoms with van der Waals surface area (Å²) in [6, 6.07) is 16.3. The molecule has 28 heavy (non-hydrogen) atoms. The first-order valence-corrected chi connectivity index (χ1v) is 10.8. The second-order valence-corrected chi connectivity index (χ2v) is 8.38. The summed E-state index contributed by atoms with van der Waals surface area (Å²) in [5.41, 5.74) is 2.09. The van der Waals surface area contributed by atoms with Gasteiger partial charge in [0.2, 0.25) is 5.91 Å². The lowest BCUT2D eigenvalue weighted by atomic mass is 10.1. The van der Waals surface area contributed by atoms with Crippen molar-refractivity contribution in [1.82, 2.24) is 10.3 Å². The smallest absolute Gasteiger partial charge is 0.256 e. The largest absolute Gasteiger partial charge is 0.356 e. The number of thioether (sulfide) groups is 1. The number of thiazole rings is 1. The van der Waals surface area contributed by atoms with Crippen molar-refractivity contribution in [1.29, 1.82) is 0 Å². The molecule has 0 saturated heterocycles. The van der Waals surface area contributed by atoms with E-state index in [2.05, 4.69) is 15.6 Å². The molecule has 0 saturated carbocycles. The number of carbonyl (C=O) groups excluding carboxylic acids is 2. The van der Waals surface area contributed by atoms with Crippen LogP contribution in [0.15, 0.2) is 58.9 Å². The molecular formula is C20H18ClN3O2S2. The highest BCUT2D eigenvalue weighted by Gasteiger charge is 2.17. The van der Waals surface area contributed by atoms with Gasteiger partial charge < -0.3 is 10.6 Å². The molecular weight excluding hydrogens is 414 g/mol. The molecule has 0 spiro atoms. The quantitative estimate of drug-likeness (QED) is 0.519. The second-order valence-electron chi connectivity index (χ2n) is 5.73. The number of nitrogens with one attached hydrogen (secondary N) is 2. The molecule has 0 aliphatic carbocycles. The molecule has 0 aliphatic heterocycles. The maximum atomic E-state index is 12.6. The van der Waals surface area contributed by atoms with Crippen LogP contribution in [0.3, 0.4) is 0 Å². The van der Waals surface area contributed by atoms with Crippen LogP contribution in [0.1, 0.15) is 17.3 Å². The third kappa shape index (κ3) is 5.34. The SMILES string of the molecule is CCNC(=O)CSc1nc(-c2ccccc2)c(NC(=O)c2ccc(Cl)cc2)s1. The van der Waals surface area contributed by atoms with E-state index >= 15 is 0 Å². The maximum Gasteiger partial charge on any atom is 0.256 e. The standard InChI is InChI=1S/C20H18ClN3O2S2/c1-2-22-16(25)12-27-20-23-17(13-6-4-3-5-7-13)19(28-20)24-18(26)14-8-10-15(21)11-9-14/h3-11H,2,12H2,1H3,(H,22,25)(H,24,26). The summed E-state index contributed by atoms with van der Waals surface area (Å²) >= 11 is 8.60. The lowest BCUT2D eigenvalue weighted by Crippen LogP contribution is -2.24. The van der Waals surface area contributed by atoms with Crippen LogP contribution in [0.4, 0.5) is 5.00 Å². The number of rotatable bonds is 7. The van der Waals surface area contributed by atoms with Crippen LogP contribution in [0.25, 0.3) is 11.3 Å². The van der Waals surface area contributed by atoms with E-state index in [9.17, 15) is 9.59 Å². The number of amides is 2. The van der Waals surface area contributed by atoms with Crippen LogP contribution in [-0.4, -0.2) is 29.1 Å². The Hall–Kier alpha value is -2.35. The van der Waals surface area contributed by atoms with Crippen LogP contribution < -0.4 is 10.6 Å². The van der Waals surface area contributed by atoms with Crippen molar-refractivity contribution in [3.05, 3.63) is 65.2 Å². The van der Waals surface area contributed by atoms with Gasteiger partial charge in [-0.1, -0.05) is 65.0 Å². The maximum absolute atomic E-state index is 12.6. The Morgan fingerprint density at radius 2 is 1.82 bits per heavy atom. The normalized spacial score (nSPS) is 10.5. The summed E-state index contributed by atoms with van der Waals surface area (Å²) in [5, 5.41) is 6.92. The minimum atomic E-state index is -0.238. The number of carbonyl (C=O) groups is 2. The summed E-state index contributed by atoms with van der Waals surface area (Å²) < 4.78 is 0.719. The van der Waals surface area contributed by atoms with E-state index in [0.29, 0.717) is 27.8 Å². The number of aromatic nitrogens is 1. The molecule has 8 heteroatoms. The molecule has 3 aromatic rings. The molecule has 0 atom stereocenters. The monoisotopic (exact) mass is 431 g/mol.